The molecule has 1 aromatic heterocycles. The van der Waals surface area contributed by atoms with Crippen molar-refractivity contribution in [3.05, 3.63) is 76.8 Å². The number of hydrogen-bond acceptors (Lipinski definition) is 11. The van der Waals surface area contributed by atoms with Crippen molar-refractivity contribution in [1.82, 2.24) is 21.0 Å². The molecule has 4 amide bonds. The van der Waals surface area contributed by atoms with Crippen molar-refractivity contribution in [3.63, 3.8) is 0 Å². The number of furan rings is 1. The summed E-state index contributed by atoms with van der Waals surface area (Å²) in [5.74, 6) is -10.2. The van der Waals surface area contributed by atoms with Gasteiger partial charge in [0.2, 0.25) is 12.3 Å². The predicted molar refractivity (Wildman–Crippen MR) is 195 cm³/mol. The molecule has 18 nitrogen and oxygen atoms in total. The summed E-state index contributed by atoms with van der Waals surface area (Å²) >= 11 is 0. The zero-order chi connectivity index (χ0) is 42.2. The van der Waals surface area contributed by atoms with Crippen LogP contribution in [-0.4, -0.2) is 93.8 Å². The minimum absolute atomic E-state index is 0.0569. The number of nitrogens with one attached hydrogen (secondary N) is 3. The van der Waals surface area contributed by atoms with Crippen LogP contribution in [0.4, 0.5) is 4.39 Å². The number of carbonyl (C=O) groups is 8. The molecule has 0 aliphatic heterocycles. The van der Waals surface area contributed by atoms with Crippen LogP contribution in [0.5, 0.6) is 5.75 Å². The first-order valence-electron chi connectivity index (χ1n) is 17.7. The molecule has 0 unspecified atom stereocenters. The van der Waals surface area contributed by atoms with Gasteiger partial charge in [0.1, 0.15) is 28.9 Å². The van der Waals surface area contributed by atoms with E-state index in [0.29, 0.717) is 11.5 Å². The predicted octanol–water partition coefficient (Wildman–Crippen LogP) is 3.52. The number of carbonyl (C=O) groups excluding carboxylic acids is 5. The Morgan fingerprint density at radius 2 is 1.67 bits per heavy atom. The maximum absolute atomic E-state index is 14.5. The lowest BCUT2D eigenvalue weighted by Crippen LogP contribution is -2.49. The largest absolute Gasteiger partial charge is 0.481 e. The number of ether oxygens (including phenoxy) is 1. The Morgan fingerprint density at radius 1 is 0.930 bits per heavy atom. The van der Waals surface area contributed by atoms with E-state index in [1.54, 1.807) is 6.92 Å². The smallest absolute Gasteiger partial charge is 0.366 e. The van der Waals surface area contributed by atoms with Crippen molar-refractivity contribution < 1.29 is 72.1 Å². The molecule has 19 heteroatoms. The van der Waals surface area contributed by atoms with Crippen LogP contribution >= 0.6 is 0 Å². The number of hydrogen-bond donors (Lipinski definition) is 6. The first-order valence-corrected chi connectivity index (χ1v) is 17.7. The summed E-state index contributed by atoms with van der Waals surface area (Å²) in [6.07, 6.45) is 1.95. The number of halogens is 1. The van der Waals surface area contributed by atoms with E-state index in [4.69, 9.17) is 24.2 Å². The summed E-state index contributed by atoms with van der Waals surface area (Å²) in [5, 5.41) is 35.2. The number of benzene rings is 2. The maximum Gasteiger partial charge on any atom is 0.366 e. The van der Waals surface area contributed by atoms with Gasteiger partial charge >= 0.3 is 23.9 Å². The fourth-order valence-electron chi connectivity index (χ4n) is 5.73. The van der Waals surface area contributed by atoms with Crippen LogP contribution in [0.25, 0.3) is 11.3 Å². The average molecular weight is 799 g/mol. The standard InChI is InChI=1S/C38H43FN4O14/c1-4-6-7-10-23(27(5-2)43(20-44)57-38(54)33-21(3)9-8-11-25(33)39)34(49)40-19-41-36(51)29-15-14-28(56-29)22-12-13-24(30(16-22)55-18-32(47)48)35(50)42-26(37(52)53)17-31(45)46/h8-9,11-16,20,23,26-27H,4-7,10,17-19H2,1-3H3,(H,40,49)(H,41,51)(H,42,50)(H,45,46)(H,47,48)(H,52,53)/t23-,26+,27-/m1/s1. The molecule has 3 aromatic rings. The number of aliphatic carboxylic acids is 3. The van der Waals surface area contributed by atoms with Crippen LogP contribution < -0.4 is 20.7 Å². The van der Waals surface area contributed by atoms with Gasteiger partial charge < -0.3 is 45.3 Å². The average Bonchev–Trinajstić information content (AvgIpc) is 3.66. The van der Waals surface area contributed by atoms with E-state index in [9.17, 15) is 47.9 Å². The van der Waals surface area contributed by atoms with Crippen molar-refractivity contribution >= 4 is 48.0 Å². The van der Waals surface area contributed by atoms with Gasteiger partial charge in [0.05, 0.1) is 30.6 Å². The summed E-state index contributed by atoms with van der Waals surface area (Å²) in [5.41, 5.74) is -0.182. The lowest BCUT2D eigenvalue weighted by molar-refractivity contribution is -0.171. The number of hydroxylamine groups is 2. The van der Waals surface area contributed by atoms with Crippen LogP contribution in [0.1, 0.15) is 89.2 Å². The SMILES string of the molecule is CCCCC[C@@H](C(=O)NCNC(=O)c1ccc(-c2ccc(C(=O)N[C@@H](CC(=O)O)C(=O)O)c(OCC(=O)O)c2)o1)[C@@H](CC)N(C=O)OC(=O)c1c(C)cccc1F. The second-order valence-corrected chi connectivity index (χ2v) is 12.6. The highest BCUT2D eigenvalue weighted by Gasteiger charge is 2.34. The molecule has 0 aliphatic carbocycles. The highest BCUT2D eigenvalue weighted by Crippen LogP contribution is 2.30. The van der Waals surface area contributed by atoms with Gasteiger partial charge in [-0.25, -0.2) is 18.8 Å². The number of carboxylic acids is 3. The topological polar surface area (TPSA) is 268 Å². The molecule has 0 fully saturated rings. The van der Waals surface area contributed by atoms with Crippen LogP contribution in [0.2, 0.25) is 0 Å². The Balaban J connectivity index is 1.74. The third-order valence-electron chi connectivity index (χ3n) is 8.57. The van der Waals surface area contributed by atoms with E-state index in [0.717, 1.165) is 25.0 Å². The lowest BCUT2D eigenvalue weighted by atomic mass is 9.90. The van der Waals surface area contributed by atoms with Crippen LogP contribution in [0.3, 0.4) is 0 Å². The van der Waals surface area contributed by atoms with Gasteiger partial charge in [0, 0.05) is 5.56 Å². The molecular formula is C38H43FN4O14. The first-order chi connectivity index (χ1) is 27.1. The minimum Gasteiger partial charge on any atom is -0.481 e. The Hall–Kier alpha value is -6.79. The van der Waals surface area contributed by atoms with Gasteiger partial charge in [-0.05, 0) is 55.7 Å². The van der Waals surface area contributed by atoms with Crippen LogP contribution in [0.15, 0.2) is 52.9 Å². The number of aryl methyl sites for hydroxylation is 1. The van der Waals surface area contributed by atoms with E-state index in [1.807, 2.05) is 12.2 Å². The summed E-state index contributed by atoms with van der Waals surface area (Å²) in [6.45, 7) is 3.86. The zero-order valence-corrected chi connectivity index (χ0v) is 31.2. The summed E-state index contributed by atoms with van der Waals surface area (Å²) in [6, 6.07) is 7.63. The Morgan fingerprint density at radius 3 is 2.28 bits per heavy atom. The third kappa shape index (κ3) is 12.6. The highest BCUT2D eigenvalue weighted by atomic mass is 19.1. The van der Waals surface area contributed by atoms with Gasteiger partial charge in [-0.2, -0.15) is 5.06 Å². The van der Waals surface area contributed by atoms with Gasteiger partial charge in [0.25, 0.3) is 11.8 Å². The molecular weight excluding hydrogens is 755 g/mol. The third-order valence-corrected chi connectivity index (χ3v) is 8.57. The molecule has 3 atom stereocenters. The molecule has 0 aliphatic rings. The van der Waals surface area contributed by atoms with Crippen molar-refractivity contribution in [3.8, 4) is 17.1 Å². The molecule has 0 saturated heterocycles. The van der Waals surface area contributed by atoms with Crippen LogP contribution in [-0.2, 0) is 28.8 Å². The quantitative estimate of drug-likeness (QED) is 0.0347. The summed E-state index contributed by atoms with van der Waals surface area (Å²) in [4.78, 5) is 103. The second kappa shape index (κ2) is 21.3. The number of nitrogens with zero attached hydrogens (tertiary/aromatic N) is 1. The number of rotatable bonds is 23. The summed E-state index contributed by atoms with van der Waals surface area (Å²) in [7, 11) is 0. The highest BCUT2D eigenvalue weighted by molar-refractivity contribution is 6.00. The molecule has 0 saturated carbocycles. The molecule has 2 aromatic carbocycles. The Bertz CT molecular complexity index is 1940. The Kier molecular flexibility index (Phi) is 16.7. The molecule has 0 bridgehead atoms. The molecule has 57 heavy (non-hydrogen) atoms. The monoisotopic (exact) mass is 798 g/mol. The zero-order valence-electron chi connectivity index (χ0n) is 31.2. The number of amides is 4. The molecule has 6 N–H and O–H groups in total. The molecule has 1 heterocycles. The van der Waals surface area contributed by atoms with Gasteiger partial charge in [-0.1, -0.05) is 51.3 Å². The van der Waals surface area contributed by atoms with E-state index in [-0.39, 0.29) is 65.4 Å². The van der Waals surface area contributed by atoms with Gasteiger partial charge in [-0.15, -0.1) is 0 Å². The van der Waals surface area contributed by atoms with E-state index in [2.05, 4.69) is 10.6 Å². The van der Waals surface area contributed by atoms with Crippen molar-refractivity contribution in [2.45, 2.75) is 71.4 Å². The number of carboxylic acid groups (broad SMARTS) is 3. The second-order valence-electron chi connectivity index (χ2n) is 12.6. The Labute approximate surface area is 325 Å². The fraction of sp³-hybridized carbons (Fsp3) is 0.368. The lowest BCUT2D eigenvalue weighted by Gasteiger charge is -2.32. The maximum atomic E-state index is 14.5. The van der Waals surface area contributed by atoms with Gasteiger partial charge in [-0.3, -0.25) is 24.0 Å². The molecule has 0 radical (unpaired) electrons. The fourth-order valence-corrected chi connectivity index (χ4v) is 5.73. The van der Waals surface area contributed by atoms with E-state index >= 15 is 0 Å². The molecule has 306 valence electrons. The van der Waals surface area contributed by atoms with Gasteiger partial charge in [0.15, 0.2) is 12.4 Å². The van der Waals surface area contributed by atoms with Crippen molar-refractivity contribution in [2.24, 2.45) is 5.92 Å². The normalized spacial score (nSPS) is 12.3. The number of unbranched alkanes of at least 4 members (excludes halogenated alkanes) is 2. The first kappa shape index (κ1) is 44.6. The molecule has 3 rings (SSSR count). The van der Waals surface area contributed by atoms with Crippen LogP contribution in [0, 0.1) is 18.7 Å². The molecule has 0 spiro atoms. The summed E-state index contributed by atoms with van der Waals surface area (Å²) < 4.78 is 25.3. The van der Waals surface area contributed by atoms with Crippen molar-refractivity contribution in [1.29, 1.82) is 0 Å². The van der Waals surface area contributed by atoms with E-state index < -0.39 is 78.4 Å². The van der Waals surface area contributed by atoms with Crippen molar-refractivity contribution in [2.75, 3.05) is 13.3 Å². The minimum atomic E-state index is -1.80. The van der Waals surface area contributed by atoms with E-state index in [1.165, 1.54) is 43.3 Å².